The molecule has 0 spiro atoms. The van der Waals surface area contributed by atoms with Crippen LogP contribution < -0.4 is 11.1 Å². The summed E-state index contributed by atoms with van der Waals surface area (Å²) in [6.07, 6.45) is 1.77. The molecule has 1 aromatic heterocycles. The topological polar surface area (TPSA) is 50.9 Å². The maximum Gasteiger partial charge on any atom is 0.0951 e. The lowest BCUT2D eigenvalue weighted by molar-refractivity contribution is 1.40. The van der Waals surface area contributed by atoms with E-state index in [-0.39, 0.29) is 0 Å². The van der Waals surface area contributed by atoms with E-state index >= 15 is 0 Å². The highest BCUT2D eigenvalue weighted by molar-refractivity contribution is 14.1. The number of aromatic nitrogens is 1. The van der Waals surface area contributed by atoms with E-state index in [9.17, 15) is 0 Å². The predicted octanol–water partition coefficient (Wildman–Crippen LogP) is 4.17. The van der Waals surface area contributed by atoms with Gasteiger partial charge in [-0.05, 0) is 52.9 Å². The number of halogens is 1. The van der Waals surface area contributed by atoms with Crippen LogP contribution in [0.2, 0.25) is 0 Å². The molecule has 0 atom stereocenters. The molecule has 0 radical (unpaired) electrons. The number of nitrogens with two attached hydrogens (primary N) is 1. The lowest BCUT2D eigenvalue weighted by Crippen LogP contribution is -1.95. The van der Waals surface area contributed by atoms with Gasteiger partial charge in [-0.3, -0.25) is 4.98 Å². The van der Waals surface area contributed by atoms with Crippen LogP contribution in [0.25, 0.3) is 10.9 Å². The molecule has 0 aliphatic carbocycles. The van der Waals surface area contributed by atoms with E-state index in [1.54, 1.807) is 6.20 Å². The van der Waals surface area contributed by atoms with E-state index in [2.05, 4.69) is 45.0 Å². The molecule has 2 aromatic carbocycles. The Morgan fingerprint density at radius 1 is 1.05 bits per heavy atom. The largest absolute Gasteiger partial charge is 0.397 e. The van der Waals surface area contributed by atoms with Gasteiger partial charge < -0.3 is 11.1 Å². The molecule has 0 unspecified atom stereocenters. The first-order valence-corrected chi connectivity index (χ1v) is 6.98. The summed E-state index contributed by atoms with van der Waals surface area (Å²) in [5, 5.41) is 4.44. The zero-order valence-electron chi connectivity index (χ0n) is 10.1. The Hall–Kier alpha value is -1.82. The zero-order valence-corrected chi connectivity index (χ0v) is 12.3. The van der Waals surface area contributed by atoms with Crippen LogP contribution >= 0.6 is 22.6 Å². The van der Waals surface area contributed by atoms with Gasteiger partial charge >= 0.3 is 0 Å². The van der Waals surface area contributed by atoms with Crippen LogP contribution in [0.3, 0.4) is 0 Å². The average Bonchev–Trinajstić information content (AvgIpc) is 2.40. The minimum absolute atomic E-state index is 0.698. The van der Waals surface area contributed by atoms with Gasteiger partial charge in [-0.15, -0.1) is 0 Å². The number of benzene rings is 2. The van der Waals surface area contributed by atoms with Crippen LogP contribution in [0.5, 0.6) is 0 Å². The van der Waals surface area contributed by atoms with Gasteiger partial charge in [0.25, 0.3) is 0 Å². The maximum absolute atomic E-state index is 5.95. The highest BCUT2D eigenvalue weighted by Crippen LogP contribution is 2.28. The molecule has 0 bridgehead atoms. The standard InChI is InChI=1S/C15H12IN3/c16-10-3-1-4-11(9-10)19-14-7-8-18-15-12(14)5-2-6-13(15)17/h1-9H,17H2,(H,18,19). The van der Waals surface area contributed by atoms with Crippen molar-refractivity contribution >= 4 is 50.6 Å². The molecule has 0 aliphatic heterocycles. The third kappa shape index (κ3) is 2.49. The molecule has 1 heterocycles. The molecule has 0 saturated carbocycles. The van der Waals surface area contributed by atoms with Gasteiger partial charge in [-0.2, -0.15) is 0 Å². The Labute approximate surface area is 125 Å². The monoisotopic (exact) mass is 361 g/mol. The summed E-state index contributed by atoms with van der Waals surface area (Å²) in [5.41, 5.74) is 9.55. The summed E-state index contributed by atoms with van der Waals surface area (Å²) in [6, 6.07) is 16.0. The zero-order chi connectivity index (χ0) is 13.2. The molecule has 94 valence electrons. The normalized spacial score (nSPS) is 10.6. The van der Waals surface area contributed by atoms with Crippen LogP contribution in [0.1, 0.15) is 0 Å². The lowest BCUT2D eigenvalue weighted by Gasteiger charge is -2.10. The van der Waals surface area contributed by atoms with Crippen LogP contribution in [0.15, 0.2) is 54.7 Å². The number of rotatable bonds is 2. The number of pyridine rings is 1. The SMILES string of the molecule is Nc1cccc2c(Nc3cccc(I)c3)ccnc12. The third-order valence-electron chi connectivity index (χ3n) is 2.91. The molecule has 0 fully saturated rings. The number of anilines is 3. The van der Waals surface area contributed by atoms with Gasteiger partial charge in [0.2, 0.25) is 0 Å². The van der Waals surface area contributed by atoms with E-state index in [0.29, 0.717) is 5.69 Å². The number of hydrogen-bond acceptors (Lipinski definition) is 3. The summed E-state index contributed by atoms with van der Waals surface area (Å²) in [7, 11) is 0. The van der Waals surface area contributed by atoms with Crippen molar-refractivity contribution in [2.75, 3.05) is 11.1 Å². The Kier molecular flexibility index (Phi) is 3.25. The second kappa shape index (κ2) is 5.05. The molecule has 3 aromatic rings. The fourth-order valence-electron chi connectivity index (χ4n) is 2.03. The minimum Gasteiger partial charge on any atom is -0.397 e. The predicted molar refractivity (Wildman–Crippen MR) is 88.6 cm³/mol. The van der Waals surface area contributed by atoms with Gasteiger partial charge in [-0.25, -0.2) is 0 Å². The van der Waals surface area contributed by atoms with Crippen LogP contribution in [-0.4, -0.2) is 4.98 Å². The Morgan fingerprint density at radius 2 is 1.89 bits per heavy atom. The summed E-state index contributed by atoms with van der Waals surface area (Å²) in [5.74, 6) is 0. The number of nitrogen functional groups attached to an aromatic ring is 1. The van der Waals surface area contributed by atoms with Crippen molar-refractivity contribution in [2.45, 2.75) is 0 Å². The minimum atomic E-state index is 0.698. The molecule has 0 amide bonds. The first kappa shape index (κ1) is 12.2. The van der Waals surface area contributed by atoms with E-state index < -0.39 is 0 Å². The number of nitrogens with zero attached hydrogens (tertiary/aromatic N) is 1. The lowest BCUT2D eigenvalue weighted by atomic mass is 10.1. The highest BCUT2D eigenvalue weighted by atomic mass is 127. The van der Waals surface area contributed by atoms with Crippen LogP contribution in [-0.2, 0) is 0 Å². The molecule has 0 aliphatic rings. The van der Waals surface area contributed by atoms with Crippen LogP contribution in [0, 0.1) is 3.57 Å². The van der Waals surface area contributed by atoms with Crippen molar-refractivity contribution in [1.82, 2.24) is 4.98 Å². The Bertz CT molecular complexity index is 740. The molecule has 0 saturated heterocycles. The summed E-state index contributed by atoms with van der Waals surface area (Å²) in [6.45, 7) is 0. The fourth-order valence-corrected chi connectivity index (χ4v) is 2.57. The second-order valence-corrected chi connectivity index (χ2v) is 5.48. The summed E-state index contributed by atoms with van der Waals surface area (Å²) in [4.78, 5) is 4.33. The Balaban J connectivity index is 2.08. The molecule has 3 rings (SSSR count). The van der Waals surface area contributed by atoms with Gasteiger partial charge in [-0.1, -0.05) is 18.2 Å². The second-order valence-electron chi connectivity index (χ2n) is 4.24. The number of para-hydroxylation sites is 1. The highest BCUT2D eigenvalue weighted by Gasteiger charge is 2.04. The number of fused-ring (bicyclic) bond motifs is 1. The van der Waals surface area contributed by atoms with Crippen molar-refractivity contribution in [1.29, 1.82) is 0 Å². The number of nitrogens with one attached hydrogen (secondary N) is 1. The average molecular weight is 361 g/mol. The van der Waals surface area contributed by atoms with Crippen molar-refractivity contribution < 1.29 is 0 Å². The van der Waals surface area contributed by atoms with Crippen LogP contribution in [0.4, 0.5) is 17.1 Å². The van der Waals surface area contributed by atoms with E-state index in [1.165, 1.54) is 3.57 Å². The van der Waals surface area contributed by atoms with E-state index in [4.69, 9.17) is 5.73 Å². The van der Waals surface area contributed by atoms with Gasteiger partial charge in [0.1, 0.15) is 0 Å². The van der Waals surface area contributed by atoms with Crippen molar-refractivity contribution in [2.24, 2.45) is 0 Å². The van der Waals surface area contributed by atoms with E-state index in [0.717, 1.165) is 22.3 Å². The molecule has 3 nitrogen and oxygen atoms in total. The van der Waals surface area contributed by atoms with E-state index in [1.807, 2.05) is 36.4 Å². The van der Waals surface area contributed by atoms with Gasteiger partial charge in [0.15, 0.2) is 0 Å². The maximum atomic E-state index is 5.95. The summed E-state index contributed by atoms with van der Waals surface area (Å²) < 4.78 is 1.19. The van der Waals surface area contributed by atoms with Gasteiger partial charge in [0, 0.05) is 26.5 Å². The van der Waals surface area contributed by atoms with Crippen molar-refractivity contribution in [3.05, 3.63) is 58.3 Å². The van der Waals surface area contributed by atoms with Crippen molar-refractivity contribution in [3.8, 4) is 0 Å². The molecule has 3 N–H and O–H groups in total. The third-order valence-corrected chi connectivity index (χ3v) is 3.58. The molecule has 19 heavy (non-hydrogen) atoms. The summed E-state index contributed by atoms with van der Waals surface area (Å²) >= 11 is 2.30. The Morgan fingerprint density at radius 3 is 2.74 bits per heavy atom. The smallest absolute Gasteiger partial charge is 0.0951 e. The molecule has 4 heteroatoms. The fraction of sp³-hybridized carbons (Fsp3) is 0. The molecular formula is C15H12IN3. The molecular weight excluding hydrogens is 349 g/mol. The quantitative estimate of drug-likeness (QED) is 0.532. The number of hydrogen-bond donors (Lipinski definition) is 2. The van der Waals surface area contributed by atoms with Gasteiger partial charge in [0.05, 0.1) is 11.2 Å². The van der Waals surface area contributed by atoms with Crippen molar-refractivity contribution in [3.63, 3.8) is 0 Å². The first-order valence-electron chi connectivity index (χ1n) is 5.90. The first-order chi connectivity index (χ1) is 9.24.